The molecule has 1 unspecified atom stereocenters. The average Bonchev–Trinajstić information content (AvgIpc) is 2.67. The van der Waals surface area contributed by atoms with Crippen LogP contribution in [0.4, 0.5) is 4.39 Å². The molecule has 4 nitrogen and oxygen atoms in total. The largest absolute Gasteiger partial charge is 0.467 e. The molecule has 5 heteroatoms. The summed E-state index contributed by atoms with van der Waals surface area (Å²) in [5.41, 5.74) is -1.81. The molecule has 1 atom stereocenters. The van der Waals surface area contributed by atoms with Gasteiger partial charge >= 0.3 is 5.97 Å². The lowest BCUT2D eigenvalue weighted by Gasteiger charge is -2.18. The van der Waals surface area contributed by atoms with Gasteiger partial charge < -0.3 is 9.84 Å². The fourth-order valence-electron chi connectivity index (χ4n) is 2.01. The van der Waals surface area contributed by atoms with E-state index in [1.54, 1.807) is 0 Å². The quantitative estimate of drug-likeness (QED) is 0.543. The third kappa shape index (κ3) is 3.42. The van der Waals surface area contributed by atoms with Crippen LogP contribution >= 0.6 is 0 Å². The lowest BCUT2D eigenvalue weighted by Crippen LogP contribution is -2.38. The lowest BCUT2D eigenvalue weighted by molar-refractivity contribution is -0.153. The van der Waals surface area contributed by atoms with Gasteiger partial charge in [-0.1, -0.05) is 0 Å². The first-order valence-electron chi connectivity index (χ1n) is 5.73. The van der Waals surface area contributed by atoms with Crippen LogP contribution < -0.4 is 0 Å². The van der Waals surface area contributed by atoms with Gasteiger partial charge in [-0.05, 0) is 25.8 Å². The van der Waals surface area contributed by atoms with E-state index in [4.69, 9.17) is 5.11 Å². The van der Waals surface area contributed by atoms with Crippen molar-refractivity contribution >= 4 is 5.97 Å². The van der Waals surface area contributed by atoms with E-state index in [0.717, 1.165) is 25.8 Å². The predicted molar refractivity (Wildman–Crippen MR) is 57.8 cm³/mol. The summed E-state index contributed by atoms with van der Waals surface area (Å²) in [6, 6.07) is 0. The molecule has 1 aliphatic heterocycles. The molecule has 1 saturated heterocycles. The van der Waals surface area contributed by atoms with Crippen molar-refractivity contribution in [3.63, 3.8) is 0 Å². The molecule has 0 aromatic rings. The highest BCUT2D eigenvalue weighted by molar-refractivity contribution is 5.80. The Bertz CT molecular complexity index is 237. The molecule has 1 N–H and O–H groups in total. The number of hydrogen-bond acceptors (Lipinski definition) is 4. The Labute approximate surface area is 95.4 Å². The average molecular weight is 233 g/mol. The van der Waals surface area contributed by atoms with Gasteiger partial charge in [0.15, 0.2) is 0 Å². The highest BCUT2D eigenvalue weighted by atomic mass is 19.1. The second kappa shape index (κ2) is 6.15. The van der Waals surface area contributed by atoms with Crippen molar-refractivity contribution in [3.8, 4) is 0 Å². The molecule has 0 aromatic heterocycles. The summed E-state index contributed by atoms with van der Waals surface area (Å²) >= 11 is 0. The van der Waals surface area contributed by atoms with E-state index in [9.17, 15) is 9.18 Å². The number of hydrogen-bond donors (Lipinski definition) is 1. The first-order chi connectivity index (χ1) is 7.62. The second-order valence-electron chi connectivity index (χ2n) is 4.27. The van der Waals surface area contributed by atoms with Crippen molar-refractivity contribution in [1.82, 2.24) is 4.90 Å². The summed E-state index contributed by atoms with van der Waals surface area (Å²) in [7, 11) is 1.22. The number of aliphatic hydroxyl groups excluding tert-OH is 1. The van der Waals surface area contributed by atoms with Gasteiger partial charge in [-0.3, -0.25) is 4.90 Å². The van der Waals surface area contributed by atoms with Gasteiger partial charge in [-0.15, -0.1) is 0 Å². The highest BCUT2D eigenvalue weighted by Crippen LogP contribution is 2.27. The van der Waals surface area contributed by atoms with Gasteiger partial charge in [0.2, 0.25) is 5.67 Å². The van der Waals surface area contributed by atoms with Crippen LogP contribution in [0.5, 0.6) is 0 Å². The molecule has 0 saturated carbocycles. The van der Waals surface area contributed by atoms with Gasteiger partial charge in [0, 0.05) is 26.1 Å². The molecular formula is C11H20FNO3. The molecular weight excluding hydrogens is 213 g/mol. The van der Waals surface area contributed by atoms with Gasteiger partial charge in [0.05, 0.1) is 7.11 Å². The highest BCUT2D eigenvalue weighted by Gasteiger charge is 2.45. The standard InChI is InChI=1S/C11H20FNO3/c1-16-10(15)11(12)5-7-13(9-11)6-3-2-4-8-14/h14H,2-9H2,1H3. The van der Waals surface area contributed by atoms with Crippen LogP contribution in [-0.4, -0.2) is 55.0 Å². The normalized spacial score (nSPS) is 25.9. The van der Waals surface area contributed by atoms with E-state index in [1.807, 2.05) is 4.90 Å². The number of aliphatic hydroxyl groups is 1. The zero-order valence-electron chi connectivity index (χ0n) is 9.75. The topological polar surface area (TPSA) is 49.8 Å². The number of rotatable bonds is 6. The van der Waals surface area contributed by atoms with Gasteiger partial charge in [0.1, 0.15) is 0 Å². The molecule has 0 radical (unpaired) electrons. The van der Waals surface area contributed by atoms with Gasteiger partial charge in [-0.2, -0.15) is 0 Å². The Morgan fingerprint density at radius 2 is 2.25 bits per heavy atom. The summed E-state index contributed by atoms with van der Waals surface area (Å²) in [6.07, 6.45) is 2.87. The Balaban J connectivity index is 2.26. The van der Waals surface area contributed by atoms with E-state index < -0.39 is 11.6 Å². The molecule has 94 valence electrons. The maximum absolute atomic E-state index is 14.0. The molecule has 1 heterocycles. The van der Waals surface area contributed by atoms with Crippen LogP contribution in [0.15, 0.2) is 0 Å². The number of carbonyl (C=O) groups is 1. The first-order valence-corrected chi connectivity index (χ1v) is 5.73. The zero-order chi connectivity index (χ0) is 12.0. The second-order valence-corrected chi connectivity index (χ2v) is 4.27. The summed E-state index contributed by atoms with van der Waals surface area (Å²) < 4.78 is 18.4. The SMILES string of the molecule is COC(=O)C1(F)CCN(CCCCCO)C1. The maximum atomic E-state index is 14.0. The van der Waals surface area contributed by atoms with Crippen molar-refractivity contribution in [1.29, 1.82) is 0 Å². The van der Waals surface area contributed by atoms with Crippen molar-refractivity contribution in [2.75, 3.05) is 33.4 Å². The zero-order valence-corrected chi connectivity index (χ0v) is 9.75. The number of unbranched alkanes of at least 4 members (excludes halogenated alkanes) is 2. The van der Waals surface area contributed by atoms with Crippen LogP contribution in [-0.2, 0) is 9.53 Å². The number of esters is 1. The van der Waals surface area contributed by atoms with Crippen LogP contribution in [0, 0.1) is 0 Å². The number of alkyl halides is 1. The van der Waals surface area contributed by atoms with E-state index in [1.165, 1.54) is 7.11 Å². The van der Waals surface area contributed by atoms with E-state index in [2.05, 4.69) is 4.74 Å². The van der Waals surface area contributed by atoms with Crippen LogP contribution in [0.2, 0.25) is 0 Å². The van der Waals surface area contributed by atoms with E-state index in [-0.39, 0.29) is 19.6 Å². The number of methoxy groups -OCH3 is 1. The predicted octanol–water partition coefficient (Wildman–Crippen LogP) is 0.736. The molecule has 1 aliphatic rings. The Morgan fingerprint density at radius 3 is 2.88 bits per heavy atom. The Kier molecular flexibility index (Phi) is 5.15. The molecule has 0 amide bonds. The van der Waals surface area contributed by atoms with Crippen LogP contribution in [0.25, 0.3) is 0 Å². The van der Waals surface area contributed by atoms with Gasteiger partial charge in [0.25, 0.3) is 0 Å². The monoisotopic (exact) mass is 233 g/mol. The molecule has 0 aliphatic carbocycles. The molecule has 0 aromatic carbocycles. The summed E-state index contributed by atoms with van der Waals surface area (Å²) in [6.45, 7) is 1.72. The molecule has 1 rings (SSSR count). The van der Waals surface area contributed by atoms with Gasteiger partial charge in [-0.25, -0.2) is 9.18 Å². The number of carbonyl (C=O) groups excluding carboxylic acids is 1. The molecule has 16 heavy (non-hydrogen) atoms. The number of nitrogens with zero attached hydrogens (tertiary/aromatic N) is 1. The number of halogens is 1. The van der Waals surface area contributed by atoms with Crippen LogP contribution in [0.1, 0.15) is 25.7 Å². The number of ether oxygens (including phenoxy) is 1. The van der Waals surface area contributed by atoms with Crippen molar-refractivity contribution in [2.24, 2.45) is 0 Å². The summed E-state index contributed by atoms with van der Waals surface area (Å²) in [5.74, 6) is -0.759. The fraction of sp³-hybridized carbons (Fsp3) is 0.909. The Hall–Kier alpha value is -0.680. The van der Waals surface area contributed by atoms with Crippen molar-refractivity contribution in [3.05, 3.63) is 0 Å². The third-order valence-corrected chi connectivity index (χ3v) is 2.98. The number of likely N-dealkylation sites (tertiary alicyclic amines) is 1. The van der Waals surface area contributed by atoms with E-state index in [0.29, 0.717) is 6.54 Å². The Morgan fingerprint density at radius 1 is 1.50 bits per heavy atom. The third-order valence-electron chi connectivity index (χ3n) is 2.98. The molecule has 0 spiro atoms. The molecule has 0 bridgehead atoms. The van der Waals surface area contributed by atoms with Crippen molar-refractivity contribution < 1.29 is 19.0 Å². The first kappa shape index (κ1) is 13.4. The maximum Gasteiger partial charge on any atom is 0.345 e. The summed E-state index contributed by atoms with van der Waals surface area (Å²) in [5, 5.41) is 8.61. The minimum Gasteiger partial charge on any atom is -0.467 e. The van der Waals surface area contributed by atoms with Crippen LogP contribution in [0.3, 0.4) is 0 Å². The lowest BCUT2D eigenvalue weighted by atomic mass is 10.1. The molecule has 1 fully saturated rings. The smallest absolute Gasteiger partial charge is 0.345 e. The minimum absolute atomic E-state index is 0.138. The fourth-order valence-corrected chi connectivity index (χ4v) is 2.01. The van der Waals surface area contributed by atoms with E-state index >= 15 is 0 Å². The van der Waals surface area contributed by atoms with Crippen molar-refractivity contribution in [2.45, 2.75) is 31.4 Å². The minimum atomic E-state index is -1.81. The summed E-state index contributed by atoms with van der Waals surface area (Å²) in [4.78, 5) is 13.1.